The van der Waals surface area contributed by atoms with Crippen LogP contribution in [0.2, 0.25) is 0 Å². The third-order valence-corrected chi connectivity index (χ3v) is 3.76. The van der Waals surface area contributed by atoms with Gasteiger partial charge < -0.3 is 5.32 Å². The number of hydrogen-bond donors (Lipinski definition) is 1. The van der Waals surface area contributed by atoms with Crippen molar-refractivity contribution in [1.29, 1.82) is 0 Å². The standard InChI is InChI=1S/C13H14BrN3/c14-11-2-1-10-8-16-13(17-12(10)7-11)9-3-5-15-6-4-9/h1-2,7-9,15H,3-6H2. The van der Waals surface area contributed by atoms with Crippen LogP contribution in [-0.4, -0.2) is 23.1 Å². The minimum Gasteiger partial charge on any atom is -0.317 e. The predicted molar refractivity (Wildman–Crippen MR) is 72.1 cm³/mol. The maximum atomic E-state index is 4.69. The Morgan fingerprint density at radius 3 is 2.88 bits per heavy atom. The van der Waals surface area contributed by atoms with E-state index in [1.807, 2.05) is 18.3 Å². The van der Waals surface area contributed by atoms with E-state index in [4.69, 9.17) is 4.98 Å². The monoisotopic (exact) mass is 291 g/mol. The van der Waals surface area contributed by atoms with Crippen LogP contribution in [0, 0.1) is 0 Å². The maximum absolute atomic E-state index is 4.69. The van der Waals surface area contributed by atoms with Gasteiger partial charge in [-0.2, -0.15) is 0 Å². The molecule has 0 bridgehead atoms. The van der Waals surface area contributed by atoms with Crippen LogP contribution in [-0.2, 0) is 0 Å². The highest BCUT2D eigenvalue weighted by Crippen LogP contribution is 2.24. The summed E-state index contributed by atoms with van der Waals surface area (Å²) in [6.45, 7) is 2.15. The lowest BCUT2D eigenvalue weighted by molar-refractivity contribution is 0.446. The summed E-state index contributed by atoms with van der Waals surface area (Å²) in [5.74, 6) is 1.51. The van der Waals surface area contributed by atoms with Crippen molar-refractivity contribution in [2.75, 3.05) is 13.1 Å². The first-order valence-corrected chi connectivity index (χ1v) is 6.75. The Bertz CT molecular complexity index is 535. The van der Waals surface area contributed by atoms with Crippen molar-refractivity contribution < 1.29 is 0 Å². The molecule has 3 rings (SSSR count). The third kappa shape index (κ3) is 2.33. The highest BCUT2D eigenvalue weighted by molar-refractivity contribution is 9.10. The van der Waals surface area contributed by atoms with Crippen LogP contribution in [0.25, 0.3) is 10.9 Å². The molecule has 17 heavy (non-hydrogen) atoms. The summed E-state index contributed by atoms with van der Waals surface area (Å²) >= 11 is 3.48. The van der Waals surface area contributed by atoms with Gasteiger partial charge in [0.05, 0.1) is 5.52 Å². The van der Waals surface area contributed by atoms with Crippen LogP contribution >= 0.6 is 15.9 Å². The zero-order chi connectivity index (χ0) is 11.7. The first-order valence-electron chi connectivity index (χ1n) is 5.96. The largest absolute Gasteiger partial charge is 0.317 e. The Morgan fingerprint density at radius 1 is 1.24 bits per heavy atom. The fourth-order valence-electron chi connectivity index (χ4n) is 2.29. The normalized spacial score (nSPS) is 17.5. The Hall–Kier alpha value is -1.00. The number of aromatic nitrogens is 2. The molecule has 1 aromatic carbocycles. The van der Waals surface area contributed by atoms with Gasteiger partial charge in [-0.3, -0.25) is 0 Å². The van der Waals surface area contributed by atoms with E-state index >= 15 is 0 Å². The molecule has 0 radical (unpaired) electrons. The van der Waals surface area contributed by atoms with Gasteiger partial charge >= 0.3 is 0 Å². The van der Waals surface area contributed by atoms with Gasteiger partial charge in [0.25, 0.3) is 0 Å². The zero-order valence-corrected chi connectivity index (χ0v) is 11.1. The first-order chi connectivity index (χ1) is 8.33. The molecule has 0 unspecified atom stereocenters. The summed E-state index contributed by atoms with van der Waals surface area (Å²) < 4.78 is 1.07. The molecule has 1 aliphatic rings. The Morgan fingerprint density at radius 2 is 2.06 bits per heavy atom. The van der Waals surface area contributed by atoms with Crippen molar-refractivity contribution in [2.24, 2.45) is 0 Å². The van der Waals surface area contributed by atoms with Gasteiger partial charge in [0, 0.05) is 22.0 Å². The molecule has 0 atom stereocenters. The molecular formula is C13H14BrN3. The highest BCUT2D eigenvalue weighted by atomic mass is 79.9. The van der Waals surface area contributed by atoms with Gasteiger partial charge in [0.2, 0.25) is 0 Å². The van der Waals surface area contributed by atoms with Crippen molar-refractivity contribution in [3.63, 3.8) is 0 Å². The average Bonchev–Trinajstić information content (AvgIpc) is 2.39. The molecule has 0 aliphatic carbocycles. The van der Waals surface area contributed by atoms with E-state index in [1.165, 1.54) is 0 Å². The Balaban J connectivity index is 1.99. The summed E-state index contributed by atoms with van der Waals surface area (Å²) in [6, 6.07) is 6.13. The molecule has 1 aliphatic heterocycles. The molecule has 1 fully saturated rings. The lowest BCUT2D eigenvalue weighted by Crippen LogP contribution is -2.27. The topological polar surface area (TPSA) is 37.8 Å². The van der Waals surface area contributed by atoms with Gasteiger partial charge in [-0.15, -0.1) is 0 Å². The number of piperidine rings is 1. The Kier molecular flexibility index (Phi) is 3.07. The Labute approximate surface area is 109 Å². The van der Waals surface area contributed by atoms with Crippen molar-refractivity contribution in [1.82, 2.24) is 15.3 Å². The predicted octanol–water partition coefficient (Wildman–Crippen LogP) is 2.86. The second kappa shape index (κ2) is 4.70. The van der Waals surface area contributed by atoms with E-state index in [9.17, 15) is 0 Å². The molecule has 1 N–H and O–H groups in total. The number of rotatable bonds is 1. The van der Waals surface area contributed by atoms with Crippen molar-refractivity contribution in [2.45, 2.75) is 18.8 Å². The summed E-state index contributed by atoms with van der Waals surface area (Å²) in [6.07, 6.45) is 4.21. The average molecular weight is 292 g/mol. The molecule has 1 saturated heterocycles. The van der Waals surface area contributed by atoms with Gasteiger partial charge in [-0.05, 0) is 38.1 Å². The third-order valence-electron chi connectivity index (χ3n) is 3.27. The number of hydrogen-bond acceptors (Lipinski definition) is 3. The molecular weight excluding hydrogens is 278 g/mol. The molecule has 1 aromatic heterocycles. The molecule has 3 nitrogen and oxygen atoms in total. The quantitative estimate of drug-likeness (QED) is 0.878. The fraction of sp³-hybridized carbons (Fsp3) is 0.385. The second-order valence-electron chi connectivity index (χ2n) is 4.46. The molecule has 0 amide bonds. The van der Waals surface area contributed by atoms with E-state index in [0.29, 0.717) is 5.92 Å². The van der Waals surface area contributed by atoms with Crippen LogP contribution in [0.3, 0.4) is 0 Å². The number of halogens is 1. The van der Waals surface area contributed by atoms with Crippen LogP contribution in [0.15, 0.2) is 28.9 Å². The van der Waals surface area contributed by atoms with E-state index in [2.05, 4.69) is 32.3 Å². The van der Waals surface area contributed by atoms with Crippen LogP contribution in [0.1, 0.15) is 24.6 Å². The van der Waals surface area contributed by atoms with Crippen LogP contribution in [0.4, 0.5) is 0 Å². The summed E-state index contributed by atoms with van der Waals surface area (Å²) in [4.78, 5) is 9.20. The lowest BCUT2D eigenvalue weighted by atomic mass is 9.97. The van der Waals surface area contributed by atoms with Crippen molar-refractivity contribution >= 4 is 26.8 Å². The molecule has 0 spiro atoms. The molecule has 88 valence electrons. The first kappa shape index (κ1) is 11.1. The van der Waals surface area contributed by atoms with E-state index in [-0.39, 0.29) is 0 Å². The minimum atomic E-state index is 0.514. The second-order valence-corrected chi connectivity index (χ2v) is 5.37. The molecule has 2 heterocycles. The zero-order valence-electron chi connectivity index (χ0n) is 9.49. The molecule has 4 heteroatoms. The number of fused-ring (bicyclic) bond motifs is 1. The highest BCUT2D eigenvalue weighted by Gasteiger charge is 2.17. The maximum Gasteiger partial charge on any atom is 0.132 e. The van der Waals surface area contributed by atoms with Gasteiger partial charge in [-0.25, -0.2) is 9.97 Å². The van der Waals surface area contributed by atoms with Crippen LogP contribution in [0.5, 0.6) is 0 Å². The van der Waals surface area contributed by atoms with E-state index in [0.717, 1.165) is 47.1 Å². The molecule has 2 aromatic rings. The minimum absolute atomic E-state index is 0.514. The number of nitrogens with zero attached hydrogens (tertiary/aromatic N) is 2. The fourth-order valence-corrected chi connectivity index (χ4v) is 2.64. The summed E-state index contributed by atoms with van der Waals surface area (Å²) in [5.41, 5.74) is 1.03. The van der Waals surface area contributed by atoms with Crippen molar-refractivity contribution in [3.8, 4) is 0 Å². The van der Waals surface area contributed by atoms with E-state index in [1.54, 1.807) is 0 Å². The number of benzene rings is 1. The van der Waals surface area contributed by atoms with E-state index < -0.39 is 0 Å². The summed E-state index contributed by atoms with van der Waals surface area (Å²) in [5, 5.41) is 4.47. The SMILES string of the molecule is Brc1ccc2cnc(C3CCNCC3)nc2c1. The molecule has 0 saturated carbocycles. The van der Waals surface area contributed by atoms with Crippen molar-refractivity contribution in [3.05, 3.63) is 34.7 Å². The van der Waals surface area contributed by atoms with Gasteiger partial charge in [-0.1, -0.05) is 22.0 Å². The number of nitrogens with one attached hydrogen (secondary N) is 1. The summed E-state index contributed by atoms with van der Waals surface area (Å²) in [7, 11) is 0. The van der Waals surface area contributed by atoms with Gasteiger partial charge in [0.15, 0.2) is 0 Å². The van der Waals surface area contributed by atoms with Gasteiger partial charge in [0.1, 0.15) is 5.82 Å². The van der Waals surface area contributed by atoms with Crippen LogP contribution < -0.4 is 5.32 Å². The smallest absolute Gasteiger partial charge is 0.132 e. The lowest BCUT2D eigenvalue weighted by Gasteiger charge is -2.21.